The summed E-state index contributed by atoms with van der Waals surface area (Å²) in [6.45, 7) is 5.99. The first-order valence-electron chi connectivity index (χ1n) is 8.22. The van der Waals surface area contributed by atoms with Crippen molar-refractivity contribution in [2.75, 3.05) is 31.2 Å². The first kappa shape index (κ1) is 15.1. The third-order valence-electron chi connectivity index (χ3n) is 4.60. The standard InChI is InChI=1S/C18H21N5O/c1-13-8-14(2-3-15(13)10-19)18-17-9-16(11-23(17)21-12-20-18)22-4-6-24-7-5-22/h2-3,8-9,11-12H,4-7,10,19H2,1H3. The van der Waals surface area contributed by atoms with E-state index < -0.39 is 0 Å². The number of nitrogens with two attached hydrogens (primary N) is 1. The number of morpholine rings is 1. The van der Waals surface area contributed by atoms with Gasteiger partial charge in [-0.2, -0.15) is 5.10 Å². The summed E-state index contributed by atoms with van der Waals surface area (Å²) in [6, 6.07) is 8.47. The lowest BCUT2D eigenvalue weighted by Gasteiger charge is -2.27. The van der Waals surface area contributed by atoms with Crippen LogP contribution in [0.5, 0.6) is 0 Å². The second kappa shape index (κ2) is 6.22. The van der Waals surface area contributed by atoms with Gasteiger partial charge in [0.05, 0.1) is 36.3 Å². The molecule has 3 aromatic rings. The van der Waals surface area contributed by atoms with E-state index in [4.69, 9.17) is 10.5 Å². The van der Waals surface area contributed by atoms with Crippen LogP contribution in [0.3, 0.4) is 0 Å². The van der Waals surface area contributed by atoms with Gasteiger partial charge in [-0.15, -0.1) is 0 Å². The van der Waals surface area contributed by atoms with Gasteiger partial charge in [0.25, 0.3) is 0 Å². The maximum atomic E-state index is 5.77. The number of hydrogen-bond donors (Lipinski definition) is 1. The van der Waals surface area contributed by atoms with Crippen LogP contribution < -0.4 is 10.6 Å². The summed E-state index contributed by atoms with van der Waals surface area (Å²) in [5, 5.41) is 4.37. The molecular formula is C18H21N5O. The molecule has 2 aromatic heterocycles. The van der Waals surface area contributed by atoms with Crippen LogP contribution in [-0.2, 0) is 11.3 Å². The molecule has 0 radical (unpaired) electrons. The van der Waals surface area contributed by atoms with Gasteiger partial charge in [0.2, 0.25) is 0 Å². The van der Waals surface area contributed by atoms with Crippen molar-refractivity contribution in [1.29, 1.82) is 0 Å². The van der Waals surface area contributed by atoms with E-state index in [-0.39, 0.29) is 0 Å². The molecule has 0 spiro atoms. The maximum absolute atomic E-state index is 5.77. The van der Waals surface area contributed by atoms with Crippen LogP contribution in [0.1, 0.15) is 11.1 Å². The normalized spacial score (nSPS) is 15.2. The Morgan fingerprint density at radius 1 is 1.21 bits per heavy atom. The zero-order chi connectivity index (χ0) is 16.5. The van der Waals surface area contributed by atoms with Crippen LogP contribution >= 0.6 is 0 Å². The van der Waals surface area contributed by atoms with Crippen molar-refractivity contribution < 1.29 is 4.74 Å². The minimum absolute atomic E-state index is 0.553. The number of rotatable bonds is 3. The molecule has 6 heteroatoms. The van der Waals surface area contributed by atoms with E-state index in [1.54, 1.807) is 6.33 Å². The molecule has 1 aliphatic rings. The molecule has 1 aromatic carbocycles. The number of ether oxygens (including phenoxy) is 1. The summed E-state index contributed by atoms with van der Waals surface area (Å²) in [5.74, 6) is 0. The largest absolute Gasteiger partial charge is 0.378 e. The maximum Gasteiger partial charge on any atom is 0.137 e. The number of aryl methyl sites for hydroxylation is 1. The second-order valence-corrected chi connectivity index (χ2v) is 6.08. The molecule has 24 heavy (non-hydrogen) atoms. The number of nitrogens with zero attached hydrogens (tertiary/aromatic N) is 4. The number of aromatic nitrogens is 3. The van der Waals surface area contributed by atoms with E-state index >= 15 is 0 Å². The topological polar surface area (TPSA) is 68.7 Å². The number of hydrogen-bond acceptors (Lipinski definition) is 5. The molecule has 0 amide bonds. The molecule has 0 unspecified atom stereocenters. The van der Waals surface area contributed by atoms with Crippen LogP contribution in [0.25, 0.3) is 16.8 Å². The van der Waals surface area contributed by atoms with Crippen molar-refractivity contribution >= 4 is 11.2 Å². The van der Waals surface area contributed by atoms with Crippen molar-refractivity contribution in [1.82, 2.24) is 14.6 Å². The highest BCUT2D eigenvalue weighted by molar-refractivity contribution is 5.80. The van der Waals surface area contributed by atoms with Crippen LogP contribution in [0.15, 0.2) is 36.8 Å². The molecule has 0 atom stereocenters. The van der Waals surface area contributed by atoms with Gasteiger partial charge in [0, 0.05) is 25.2 Å². The van der Waals surface area contributed by atoms with Gasteiger partial charge in [-0.25, -0.2) is 9.50 Å². The lowest BCUT2D eigenvalue weighted by atomic mass is 10.0. The van der Waals surface area contributed by atoms with Gasteiger partial charge in [0.15, 0.2) is 0 Å². The molecule has 1 fully saturated rings. The average molecular weight is 323 g/mol. The lowest BCUT2D eigenvalue weighted by Crippen LogP contribution is -2.35. The summed E-state index contributed by atoms with van der Waals surface area (Å²) < 4.78 is 7.34. The van der Waals surface area contributed by atoms with Crippen LogP contribution in [0, 0.1) is 6.92 Å². The minimum Gasteiger partial charge on any atom is -0.378 e. The molecule has 4 rings (SSSR count). The fourth-order valence-electron chi connectivity index (χ4n) is 3.21. The van der Waals surface area contributed by atoms with E-state index in [2.05, 4.69) is 52.4 Å². The van der Waals surface area contributed by atoms with E-state index in [9.17, 15) is 0 Å². The molecule has 2 N–H and O–H groups in total. The quantitative estimate of drug-likeness (QED) is 0.798. The van der Waals surface area contributed by atoms with Gasteiger partial charge < -0.3 is 15.4 Å². The second-order valence-electron chi connectivity index (χ2n) is 6.08. The van der Waals surface area contributed by atoms with Crippen molar-refractivity contribution in [3.8, 4) is 11.3 Å². The summed E-state index contributed by atoms with van der Waals surface area (Å²) in [4.78, 5) is 6.85. The summed E-state index contributed by atoms with van der Waals surface area (Å²) >= 11 is 0. The Labute approximate surface area is 140 Å². The zero-order valence-corrected chi connectivity index (χ0v) is 13.8. The number of benzene rings is 1. The molecule has 3 heterocycles. The van der Waals surface area contributed by atoms with E-state index in [0.29, 0.717) is 6.54 Å². The molecule has 124 valence electrons. The predicted octanol–water partition coefficient (Wildman–Crippen LogP) is 2.00. The van der Waals surface area contributed by atoms with E-state index in [0.717, 1.165) is 54.3 Å². The Morgan fingerprint density at radius 2 is 2.04 bits per heavy atom. The Morgan fingerprint density at radius 3 is 2.79 bits per heavy atom. The van der Waals surface area contributed by atoms with Crippen molar-refractivity contribution in [2.24, 2.45) is 5.73 Å². The molecule has 0 aliphatic carbocycles. The minimum atomic E-state index is 0.553. The van der Waals surface area contributed by atoms with Crippen LogP contribution in [-0.4, -0.2) is 40.9 Å². The molecular weight excluding hydrogens is 302 g/mol. The SMILES string of the molecule is Cc1cc(-c2ncnn3cc(N4CCOCC4)cc23)ccc1CN. The average Bonchev–Trinajstić information content (AvgIpc) is 3.06. The summed E-state index contributed by atoms with van der Waals surface area (Å²) in [5.41, 5.74) is 12.3. The third-order valence-corrected chi connectivity index (χ3v) is 4.60. The smallest absolute Gasteiger partial charge is 0.137 e. The fourth-order valence-corrected chi connectivity index (χ4v) is 3.21. The third kappa shape index (κ3) is 2.64. The van der Waals surface area contributed by atoms with Crippen molar-refractivity contribution in [3.05, 3.63) is 47.9 Å². The molecule has 1 saturated heterocycles. The Kier molecular flexibility index (Phi) is 3.92. The van der Waals surface area contributed by atoms with E-state index in [1.807, 2.05) is 4.52 Å². The van der Waals surface area contributed by atoms with Crippen LogP contribution in [0.2, 0.25) is 0 Å². The zero-order valence-electron chi connectivity index (χ0n) is 13.8. The molecule has 6 nitrogen and oxygen atoms in total. The highest BCUT2D eigenvalue weighted by Gasteiger charge is 2.16. The Balaban J connectivity index is 1.78. The molecule has 1 aliphatic heterocycles. The van der Waals surface area contributed by atoms with Gasteiger partial charge >= 0.3 is 0 Å². The monoisotopic (exact) mass is 323 g/mol. The molecule has 0 bridgehead atoms. The number of fused-ring (bicyclic) bond motifs is 1. The summed E-state index contributed by atoms with van der Waals surface area (Å²) in [7, 11) is 0. The number of anilines is 1. The Hall–Kier alpha value is -2.44. The molecule has 0 saturated carbocycles. The van der Waals surface area contributed by atoms with Gasteiger partial charge in [-0.3, -0.25) is 0 Å². The summed E-state index contributed by atoms with van der Waals surface area (Å²) in [6.07, 6.45) is 3.67. The fraction of sp³-hybridized carbons (Fsp3) is 0.333. The van der Waals surface area contributed by atoms with Crippen LogP contribution in [0.4, 0.5) is 5.69 Å². The van der Waals surface area contributed by atoms with Crippen molar-refractivity contribution in [2.45, 2.75) is 13.5 Å². The van der Waals surface area contributed by atoms with Gasteiger partial charge in [-0.1, -0.05) is 12.1 Å². The van der Waals surface area contributed by atoms with Gasteiger partial charge in [0.1, 0.15) is 6.33 Å². The highest BCUT2D eigenvalue weighted by Crippen LogP contribution is 2.28. The lowest BCUT2D eigenvalue weighted by molar-refractivity contribution is 0.122. The predicted molar refractivity (Wildman–Crippen MR) is 94.1 cm³/mol. The van der Waals surface area contributed by atoms with Crippen molar-refractivity contribution in [3.63, 3.8) is 0 Å². The van der Waals surface area contributed by atoms with Gasteiger partial charge in [-0.05, 0) is 30.2 Å². The first-order valence-corrected chi connectivity index (χ1v) is 8.22. The van der Waals surface area contributed by atoms with E-state index in [1.165, 1.54) is 5.56 Å². The Bertz CT molecular complexity index is 867. The highest BCUT2D eigenvalue weighted by atomic mass is 16.5. The first-order chi connectivity index (χ1) is 11.8.